The van der Waals surface area contributed by atoms with Gasteiger partial charge >= 0.3 is 0 Å². The summed E-state index contributed by atoms with van der Waals surface area (Å²) in [5.41, 5.74) is 1.03. The van der Waals surface area contributed by atoms with Gasteiger partial charge in [-0.25, -0.2) is 8.78 Å². The lowest BCUT2D eigenvalue weighted by Gasteiger charge is -2.02. The number of carbonyl (C=O) groups is 1. The average Bonchev–Trinajstić information content (AvgIpc) is 2.72. The fourth-order valence-corrected chi connectivity index (χ4v) is 2.46. The molecule has 1 N–H and O–H groups in total. The molecule has 0 bridgehead atoms. The van der Waals surface area contributed by atoms with E-state index in [0.29, 0.717) is 11.3 Å². The van der Waals surface area contributed by atoms with Crippen molar-refractivity contribution >= 4 is 46.4 Å². The molecule has 1 aliphatic rings. The van der Waals surface area contributed by atoms with E-state index < -0.39 is 17.5 Å². The second-order valence-electron chi connectivity index (χ2n) is 4.47. The number of rotatable bonds is 1. The van der Waals surface area contributed by atoms with Crippen LogP contribution in [0.3, 0.4) is 0 Å². The Balaban J connectivity index is 2.16. The third-order valence-electron chi connectivity index (χ3n) is 3.12. The molecule has 2 nitrogen and oxygen atoms in total. The van der Waals surface area contributed by atoms with Crippen molar-refractivity contribution in [1.82, 2.24) is 0 Å². The fourth-order valence-electron chi connectivity index (χ4n) is 2.12. The second kappa shape index (κ2) is 5.13. The first-order chi connectivity index (χ1) is 9.97. The van der Waals surface area contributed by atoms with Crippen LogP contribution in [-0.4, -0.2) is 5.91 Å². The first kappa shape index (κ1) is 14.0. The Labute approximate surface area is 129 Å². The van der Waals surface area contributed by atoms with Gasteiger partial charge in [-0.15, -0.1) is 0 Å². The summed E-state index contributed by atoms with van der Waals surface area (Å²) in [4.78, 5) is 12.0. The monoisotopic (exact) mass is 325 g/mol. The van der Waals surface area contributed by atoms with Crippen molar-refractivity contribution in [2.75, 3.05) is 5.32 Å². The van der Waals surface area contributed by atoms with Crippen LogP contribution in [0.2, 0.25) is 10.0 Å². The SMILES string of the molecule is O=C1Nc2cc(Cl)c(F)cc2/C1=C/c1cccc(Cl)c1F. The van der Waals surface area contributed by atoms with Gasteiger partial charge in [-0.2, -0.15) is 0 Å². The molecule has 0 radical (unpaired) electrons. The number of anilines is 1. The summed E-state index contributed by atoms with van der Waals surface area (Å²) in [5, 5.41) is 2.41. The molecule has 0 spiro atoms. The number of fused-ring (bicyclic) bond motifs is 1. The van der Waals surface area contributed by atoms with Crippen LogP contribution in [0.25, 0.3) is 11.6 Å². The Morgan fingerprint density at radius 2 is 1.86 bits per heavy atom. The highest BCUT2D eigenvalue weighted by Crippen LogP contribution is 2.36. The van der Waals surface area contributed by atoms with E-state index in [1.807, 2.05) is 0 Å². The molecule has 0 unspecified atom stereocenters. The molecular weight excluding hydrogens is 319 g/mol. The molecule has 1 heterocycles. The van der Waals surface area contributed by atoms with E-state index in [1.165, 1.54) is 24.3 Å². The first-order valence-corrected chi connectivity index (χ1v) is 6.69. The van der Waals surface area contributed by atoms with Gasteiger partial charge in [-0.05, 0) is 24.3 Å². The maximum absolute atomic E-state index is 13.9. The highest BCUT2D eigenvalue weighted by atomic mass is 35.5. The lowest BCUT2D eigenvalue weighted by Crippen LogP contribution is -2.03. The van der Waals surface area contributed by atoms with Crippen molar-refractivity contribution < 1.29 is 13.6 Å². The summed E-state index contributed by atoms with van der Waals surface area (Å²) in [7, 11) is 0. The third-order valence-corrected chi connectivity index (χ3v) is 3.71. The first-order valence-electron chi connectivity index (χ1n) is 5.94. The second-order valence-corrected chi connectivity index (χ2v) is 5.28. The van der Waals surface area contributed by atoms with E-state index >= 15 is 0 Å². The Kier molecular flexibility index (Phi) is 3.43. The molecule has 21 heavy (non-hydrogen) atoms. The van der Waals surface area contributed by atoms with E-state index in [1.54, 1.807) is 6.07 Å². The van der Waals surface area contributed by atoms with Gasteiger partial charge in [-0.3, -0.25) is 4.79 Å². The van der Waals surface area contributed by atoms with Crippen LogP contribution in [0.4, 0.5) is 14.5 Å². The molecule has 1 aliphatic heterocycles. The summed E-state index contributed by atoms with van der Waals surface area (Å²) in [6, 6.07) is 6.91. The number of nitrogens with one attached hydrogen (secondary N) is 1. The zero-order valence-electron chi connectivity index (χ0n) is 10.4. The van der Waals surface area contributed by atoms with Crippen LogP contribution in [0.1, 0.15) is 11.1 Å². The summed E-state index contributed by atoms with van der Waals surface area (Å²) in [5.74, 6) is -1.74. The van der Waals surface area contributed by atoms with Crippen molar-refractivity contribution in [3.8, 4) is 0 Å². The van der Waals surface area contributed by atoms with Crippen LogP contribution in [0.15, 0.2) is 30.3 Å². The number of halogens is 4. The van der Waals surface area contributed by atoms with E-state index in [9.17, 15) is 13.6 Å². The Morgan fingerprint density at radius 3 is 2.62 bits per heavy atom. The van der Waals surface area contributed by atoms with Gasteiger partial charge in [0.05, 0.1) is 15.7 Å². The Hall–Kier alpha value is -1.91. The van der Waals surface area contributed by atoms with Gasteiger partial charge in [0.25, 0.3) is 5.91 Å². The van der Waals surface area contributed by atoms with E-state index in [0.717, 1.165) is 6.07 Å². The topological polar surface area (TPSA) is 29.1 Å². The summed E-state index contributed by atoms with van der Waals surface area (Å²) >= 11 is 11.4. The van der Waals surface area contributed by atoms with Gasteiger partial charge < -0.3 is 5.32 Å². The fraction of sp³-hybridized carbons (Fsp3) is 0. The number of hydrogen-bond donors (Lipinski definition) is 1. The van der Waals surface area contributed by atoms with Gasteiger partial charge in [0, 0.05) is 16.7 Å². The number of hydrogen-bond acceptors (Lipinski definition) is 1. The molecule has 0 aromatic heterocycles. The highest BCUT2D eigenvalue weighted by molar-refractivity contribution is 6.37. The van der Waals surface area contributed by atoms with E-state index in [4.69, 9.17) is 23.2 Å². The minimum absolute atomic E-state index is 0.0507. The largest absolute Gasteiger partial charge is 0.321 e. The number of carbonyl (C=O) groups excluding carboxylic acids is 1. The average molecular weight is 326 g/mol. The molecule has 6 heteroatoms. The molecule has 106 valence electrons. The third kappa shape index (κ3) is 2.41. The summed E-state index contributed by atoms with van der Waals surface area (Å²) in [6.45, 7) is 0. The predicted octanol–water partition coefficient (Wildman–Crippen LogP) is 4.76. The van der Waals surface area contributed by atoms with Crippen molar-refractivity contribution in [3.05, 3.63) is 63.1 Å². The lowest BCUT2D eigenvalue weighted by molar-refractivity contribution is -0.110. The lowest BCUT2D eigenvalue weighted by atomic mass is 10.0. The zero-order valence-corrected chi connectivity index (χ0v) is 11.9. The molecule has 1 amide bonds. The number of amides is 1. The van der Waals surface area contributed by atoms with Crippen LogP contribution in [-0.2, 0) is 4.79 Å². The van der Waals surface area contributed by atoms with Gasteiger partial charge in [-0.1, -0.05) is 35.3 Å². The van der Waals surface area contributed by atoms with Crippen LogP contribution >= 0.6 is 23.2 Å². The highest BCUT2D eigenvalue weighted by Gasteiger charge is 2.26. The smallest absolute Gasteiger partial charge is 0.256 e. The van der Waals surface area contributed by atoms with E-state index in [-0.39, 0.29) is 21.2 Å². The van der Waals surface area contributed by atoms with E-state index in [2.05, 4.69) is 5.32 Å². The van der Waals surface area contributed by atoms with Crippen molar-refractivity contribution in [2.24, 2.45) is 0 Å². The summed E-state index contributed by atoms with van der Waals surface area (Å²) in [6.07, 6.45) is 1.33. The van der Waals surface area contributed by atoms with Crippen LogP contribution in [0.5, 0.6) is 0 Å². The normalized spacial score (nSPS) is 15.2. The standard InChI is InChI=1S/C15H7Cl2F2NO/c16-10-3-1-2-7(14(10)19)4-9-8-5-12(18)11(17)6-13(8)20-15(9)21/h1-6H,(H,20,21)/b9-4-. The molecule has 3 rings (SSSR count). The van der Waals surface area contributed by atoms with Gasteiger partial charge in [0.2, 0.25) is 0 Å². The van der Waals surface area contributed by atoms with Crippen molar-refractivity contribution in [1.29, 1.82) is 0 Å². The molecule has 2 aromatic rings. The number of benzene rings is 2. The molecule has 2 aromatic carbocycles. The molecule has 0 aliphatic carbocycles. The molecule has 0 fully saturated rings. The molecule has 0 atom stereocenters. The van der Waals surface area contributed by atoms with Crippen molar-refractivity contribution in [2.45, 2.75) is 0 Å². The summed E-state index contributed by atoms with van der Waals surface area (Å²) < 4.78 is 27.5. The minimum Gasteiger partial charge on any atom is -0.321 e. The zero-order chi connectivity index (χ0) is 15.1. The Bertz CT molecular complexity index is 803. The van der Waals surface area contributed by atoms with Crippen molar-refractivity contribution in [3.63, 3.8) is 0 Å². The maximum atomic E-state index is 13.9. The van der Waals surface area contributed by atoms with Gasteiger partial charge in [0.15, 0.2) is 0 Å². The Morgan fingerprint density at radius 1 is 1.10 bits per heavy atom. The van der Waals surface area contributed by atoms with Crippen LogP contribution in [0, 0.1) is 11.6 Å². The maximum Gasteiger partial charge on any atom is 0.256 e. The quantitative estimate of drug-likeness (QED) is 0.752. The van der Waals surface area contributed by atoms with Crippen LogP contribution < -0.4 is 5.32 Å². The molecular formula is C15H7Cl2F2NO. The molecule has 0 saturated carbocycles. The minimum atomic E-state index is -0.649. The predicted molar refractivity (Wildman–Crippen MR) is 79.3 cm³/mol. The van der Waals surface area contributed by atoms with Gasteiger partial charge in [0.1, 0.15) is 11.6 Å². The molecule has 0 saturated heterocycles.